The zero-order chi connectivity index (χ0) is 20.4. The van der Waals surface area contributed by atoms with E-state index in [4.69, 9.17) is 0 Å². The number of H-pyrrole nitrogens is 1. The fraction of sp³-hybridized carbons (Fsp3) is 0.409. The second-order valence-electron chi connectivity index (χ2n) is 7.68. The van der Waals surface area contributed by atoms with Crippen molar-refractivity contribution in [1.29, 1.82) is 0 Å². The Balaban J connectivity index is 1.70. The number of phenols is 1. The molecule has 1 atom stereocenters. The first kappa shape index (κ1) is 19.4. The molecule has 0 radical (unpaired) electrons. The van der Waals surface area contributed by atoms with Gasteiger partial charge in [-0.05, 0) is 43.7 Å². The Bertz CT molecular complexity index is 1010. The summed E-state index contributed by atoms with van der Waals surface area (Å²) in [5.74, 6) is 0.215. The van der Waals surface area contributed by atoms with Gasteiger partial charge in [0.05, 0.1) is 22.3 Å². The van der Waals surface area contributed by atoms with E-state index in [2.05, 4.69) is 27.4 Å². The smallest absolute Gasteiger partial charge is 0.254 e. The van der Waals surface area contributed by atoms with Crippen molar-refractivity contribution in [1.82, 2.24) is 25.4 Å². The number of aryl methyl sites for hydroxylation is 1. The van der Waals surface area contributed by atoms with Gasteiger partial charge in [0, 0.05) is 31.2 Å². The first-order chi connectivity index (χ1) is 14.1. The second kappa shape index (κ2) is 8.21. The standard InChI is InChI=1S/C22H27N5O2/c1-3-4-5-16-13-27(11-10-23-16)22(29)18-12-19(15-6-8-17(28)9-7-15)24-21-20(18)14(2)25-26-21/h6-9,12,16,23,28H,3-5,10-11,13H2,1-2H3,(H,24,25,26)/t16-/m0/s1. The van der Waals surface area contributed by atoms with Gasteiger partial charge in [-0.1, -0.05) is 19.8 Å². The summed E-state index contributed by atoms with van der Waals surface area (Å²) in [6.07, 6.45) is 3.39. The number of pyridine rings is 1. The molecule has 7 heteroatoms. The minimum atomic E-state index is 0.0185. The van der Waals surface area contributed by atoms with Crippen LogP contribution in [-0.4, -0.2) is 56.8 Å². The summed E-state index contributed by atoms with van der Waals surface area (Å²) in [4.78, 5) is 20.1. The average molecular weight is 393 g/mol. The molecule has 1 amide bonds. The van der Waals surface area contributed by atoms with Gasteiger partial charge in [-0.3, -0.25) is 9.89 Å². The molecule has 1 aliphatic heterocycles. The van der Waals surface area contributed by atoms with Crippen molar-refractivity contribution in [3.05, 3.63) is 41.6 Å². The monoisotopic (exact) mass is 393 g/mol. The predicted molar refractivity (Wildman–Crippen MR) is 113 cm³/mol. The Morgan fingerprint density at radius 1 is 1.31 bits per heavy atom. The molecule has 3 N–H and O–H groups in total. The van der Waals surface area contributed by atoms with Gasteiger partial charge in [-0.25, -0.2) is 4.98 Å². The first-order valence-corrected chi connectivity index (χ1v) is 10.2. The molecule has 3 aromatic rings. The summed E-state index contributed by atoms with van der Waals surface area (Å²) < 4.78 is 0. The molecule has 152 valence electrons. The maximum atomic E-state index is 13.5. The summed E-state index contributed by atoms with van der Waals surface area (Å²) in [5.41, 5.74) is 3.52. The lowest BCUT2D eigenvalue weighted by Crippen LogP contribution is -2.52. The highest BCUT2D eigenvalue weighted by molar-refractivity contribution is 6.07. The van der Waals surface area contributed by atoms with Crippen molar-refractivity contribution >= 4 is 16.9 Å². The van der Waals surface area contributed by atoms with E-state index in [-0.39, 0.29) is 11.7 Å². The third kappa shape index (κ3) is 3.96. The molecule has 0 aliphatic carbocycles. The molecule has 0 unspecified atom stereocenters. The van der Waals surface area contributed by atoms with Crippen molar-refractivity contribution in [2.45, 2.75) is 39.2 Å². The van der Waals surface area contributed by atoms with Gasteiger partial charge < -0.3 is 15.3 Å². The van der Waals surface area contributed by atoms with Crippen molar-refractivity contribution in [3.63, 3.8) is 0 Å². The van der Waals surface area contributed by atoms with Gasteiger partial charge >= 0.3 is 0 Å². The molecule has 4 rings (SSSR count). The molecule has 2 aromatic heterocycles. The van der Waals surface area contributed by atoms with E-state index >= 15 is 0 Å². The Kier molecular flexibility index (Phi) is 5.49. The van der Waals surface area contributed by atoms with Crippen LogP contribution in [0.15, 0.2) is 30.3 Å². The van der Waals surface area contributed by atoms with Crippen LogP contribution in [0, 0.1) is 6.92 Å². The Labute approximate surface area is 170 Å². The van der Waals surface area contributed by atoms with Crippen LogP contribution in [-0.2, 0) is 0 Å². The Morgan fingerprint density at radius 3 is 2.86 bits per heavy atom. The van der Waals surface area contributed by atoms with Gasteiger partial charge in [0.25, 0.3) is 5.91 Å². The van der Waals surface area contributed by atoms with Crippen LogP contribution in [0.4, 0.5) is 0 Å². The van der Waals surface area contributed by atoms with Crippen LogP contribution >= 0.6 is 0 Å². The van der Waals surface area contributed by atoms with Crippen molar-refractivity contribution in [3.8, 4) is 17.0 Å². The van der Waals surface area contributed by atoms with Crippen molar-refractivity contribution in [2.75, 3.05) is 19.6 Å². The molecule has 3 heterocycles. The van der Waals surface area contributed by atoms with Gasteiger partial charge in [0.2, 0.25) is 0 Å². The number of piperazine rings is 1. The lowest BCUT2D eigenvalue weighted by Gasteiger charge is -2.34. The average Bonchev–Trinajstić information content (AvgIpc) is 3.12. The fourth-order valence-electron chi connectivity index (χ4n) is 3.96. The number of fused-ring (bicyclic) bond motifs is 1. The summed E-state index contributed by atoms with van der Waals surface area (Å²) in [5, 5.41) is 21.1. The van der Waals surface area contributed by atoms with Gasteiger partial charge in [0.1, 0.15) is 5.75 Å². The molecule has 1 aromatic carbocycles. The highest BCUT2D eigenvalue weighted by Crippen LogP contribution is 2.28. The Morgan fingerprint density at radius 2 is 2.10 bits per heavy atom. The van der Waals surface area contributed by atoms with Gasteiger partial charge in [-0.15, -0.1) is 0 Å². The quantitative estimate of drug-likeness (QED) is 0.619. The summed E-state index contributed by atoms with van der Waals surface area (Å²) in [6.45, 7) is 6.29. The topological polar surface area (TPSA) is 94.1 Å². The highest BCUT2D eigenvalue weighted by atomic mass is 16.3. The molecule has 0 saturated carbocycles. The number of rotatable bonds is 5. The minimum Gasteiger partial charge on any atom is -0.508 e. The molecule has 29 heavy (non-hydrogen) atoms. The number of aromatic nitrogens is 3. The third-order valence-corrected chi connectivity index (χ3v) is 5.55. The molecule has 0 spiro atoms. The van der Waals surface area contributed by atoms with Crippen LogP contribution < -0.4 is 5.32 Å². The van der Waals surface area contributed by atoms with Crippen LogP contribution in [0.3, 0.4) is 0 Å². The van der Waals surface area contributed by atoms with E-state index in [1.54, 1.807) is 24.3 Å². The van der Waals surface area contributed by atoms with E-state index in [1.165, 1.54) is 0 Å². The molecule has 1 saturated heterocycles. The first-order valence-electron chi connectivity index (χ1n) is 10.2. The number of aromatic hydroxyl groups is 1. The zero-order valence-corrected chi connectivity index (χ0v) is 16.9. The number of carbonyl (C=O) groups excluding carboxylic acids is 1. The number of amides is 1. The number of unbranched alkanes of at least 4 members (excludes halogenated alkanes) is 1. The normalized spacial score (nSPS) is 17.0. The number of aromatic amines is 1. The van der Waals surface area contributed by atoms with Crippen LogP contribution in [0.1, 0.15) is 42.2 Å². The minimum absolute atomic E-state index is 0.0185. The molecular weight excluding hydrogens is 366 g/mol. The maximum Gasteiger partial charge on any atom is 0.254 e. The summed E-state index contributed by atoms with van der Waals surface area (Å²) in [7, 11) is 0. The van der Waals surface area contributed by atoms with Gasteiger partial charge in [-0.2, -0.15) is 5.10 Å². The lowest BCUT2D eigenvalue weighted by molar-refractivity contribution is 0.0700. The molecular formula is C22H27N5O2. The SMILES string of the molecule is CCCC[C@H]1CN(C(=O)c2cc(-c3ccc(O)cc3)nc3[nH]nc(C)c23)CCN1. The van der Waals surface area contributed by atoms with E-state index in [0.717, 1.165) is 42.5 Å². The van der Waals surface area contributed by atoms with E-state index in [0.29, 0.717) is 36.0 Å². The number of nitrogens with one attached hydrogen (secondary N) is 2. The number of carbonyl (C=O) groups is 1. The van der Waals surface area contributed by atoms with E-state index < -0.39 is 0 Å². The molecule has 1 fully saturated rings. The third-order valence-electron chi connectivity index (χ3n) is 5.55. The van der Waals surface area contributed by atoms with Gasteiger partial charge in [0.15, 0.2) is 5.65 Å². The van der Waals surface area contributed by atoms with E-state index in [1.807, 2.05) is 17.9 Å². The lowest BCUT2D eigenvalue weighted by atomic mass is 10.0. The number of phenolic OH excluding ortho intramolecular Hbond substituents is 1. The Hall–Kier alpha value is -2.93. The van der Waals surface area contributed by atoms with Crippen LogP contribution in [0.2, 0.25) is 0 Å². The molecule has 1 aliphatic rings. The van der Waals surface area contributed by atoms with Crippen molar-refractivity contribution in [2.24, 2.45) is 0 Å². The maximum absolute atomic E-state index is 13.5. The second-order valence-corrected chi connectivity index (χ2v) is 7.68. The fourth-order valence-corrected chi connectivity index (χ4v) is 3.96. The summed E-state index contributed by atoms with van der Waals surface area (Å²) >= 11 is 0. The largest absolute Gasteiger partial charge is 0.508 e. The number of benzene rings is 1. The molecule has 7 nitrogen and oxygen atoms in total. The molecule has 0 bridgehead atoms. The predicted octanol–water partition coefficient (Wildman–Crippen LogP) is 3.24. The van der Waals surface area contributed by atoms with Crippen LogP contribution in [0.5, 0.6) is 5.75 Å². The van der Waals surface area contributed by atoms with Crippen molar-refractivity contribution < 1.29 is 9.90 Å². The number of hydrogen-bond donors (Lipinski definition) is 3. The highest BCUT2D eigenvalue weighted by Gasteiger charge is 2.26. The van der Waals surface area contributed by atoms with E-state index in [9.17, 15) is 9.90 Å². The summed E-state index contributed by atoms with van der Waals surface area (Å²) in [6, 6.07) is 9.03. The number of nitrogens with zero attached hydrogens (tertiary/aromatic N) is 3. The number of hydrogen-bond acceptors (Lipinski definition) is 5. The van der Waals surface area contributed by atoms with Crippen LogP contribution in [0.25, 0.3) is 22.3 Å². The zero-order valence-electron chi connectivity index (χ0n) is 16.9.